The van der Waals surface area contributed by atoms with E-state index in [1.165, 1.54) is 37.0 Å². The molecule has 20 heavy (non-hydrogen) atoms. The summed E-state index contributed by atoms with van der Waals surface area (Å²) >= 11 is 5.41. The van der Waals surface area contributed by atoms with Crippen LogP contribution in [0.4, 0.5) is 5.69 Å². The van der Waals surface area contributed by atoms with Gasteiger partial charge in [0, 0.05) is 18.5 Å². The van der Waals surface area contributed by atoms with Gasteiger partial charge in [0.1, 0.15) is 5.54 Å². The van der Waals surface area contributed by atoms with Crippen LogP contribution in [0, 0.1) is 0 Å². The Labute approximate surface area is 127 Å². The molecule has 110 valence electrons. The molecule has 1 saturated carbocycles. The van der Waals surface area contributed by atoms with Gasteiger partial charge in [0.15, 0.2) is 5.11 Å². The Morgan fingerprint density at radius 3 is 2.40 bits per heavy atom. The Bertz CT molecular complexity index is 425. The van der Waals surface area contributed by atoms with E-state index in [4.69, 9.17) is 12.2 Å². The number of hydrogen-bond donors (Lipinski definition) is 3. The summed E-state index contributed by atoms with van der Waals surface area (Å²) < 4.78 is 0. The summed E-state index contributed by atoms with van der Waals surface area (Å²) in [6.45, 7) is 0.952. The van der Waals surface area contributed by atoms with Gasteiger partial charge in [-0.2, -0.15) is 0 Å². The van der Waals surface area contributed by atoms with Crippen molar-refractivity contribution in [3.8, 4) is 0 Å². The van der Waals surface area contributed by atoms with E-state index in [1.54, 1.807) is 0 Å². The molecule has 0 bridgehead atoms. The van der Waals surface area contributed by atoms with Gasteiger partial charge in [0.05, 0.1) is 20.6 Å². The molecule has 1 aromatic carbocycles. The fraction of sp³-hybridized carbons (Fsp3) is 0.562. The maximum atomic E-state index is 5.41. The first-order valence-electron chi connectivity index (χ1n) is 7.53. The van der Waals surface area contributed by atoms with E-state index < -0.39 is 0 Å². The van der Waals surface area contributed by atoms with E-state index in [-0.39, 0.29) is 0 Å². The van der Waals surface area contributed by atoms with Gasteiger partial charge >= 0.3 is 0 Å². The van der Waals surface area contributed by atoms with Crippen molar-refractivity contribution in [3.05, 3.63) is 30.3 Å². The molecule has 0 aromatic heterocycles. The average molecular weight is 292 g/mol. The third-order valence-corrected chi connectivity index (χ3v) is 4.74. The third kappa shape index (κ3) is 3.93. The largest absolute Gasteiger partial charge is 0.356 e. The van der Waals surface area contributed by atoms with Crippen molar-refractivity contribution < 1.29 is 4.90 Å². The summed E-state index contributed by atoms with van der Waals surface area (Å²) in [6.07, 6.45) is 6.63. The molecule has 4 heteroatoms. The number of anilines is 1. The van der Waals surface area contributed by atoms with Crippen molar-refractivity contribution in [2.45, 2.75) is 37.6 Å². The van der Waals surface area contributed by atoms with E-state index in [1.807, 2.05) is 30.3 Å². The predicted molar refractivity (Wildman–Crippen MR) is 89.3 cm³/mol. The highest BCUT2D eigenvalue weighted by atomic mass is 32.1. The zero-order valence-electron chi connectivity index (χ0n) is 12.5. The van der Waals surface area contributed by atoms with Gasteiger partial charge in [-0.3, -0.25) is 0 Å². The van der Waals surface area contributed by atoms with Gasteiger partial charge in [-0.15, -0.1) is 0 Å². The minimum atomic E-state index is 0.334. The third-order valence-electron chi connectivity index (χ3n) is 4.49. The highest BCUT2D eigenvalue weighted by Crippen LogP contribution is 2.24. The van der Waals surface area contributed by atoms with Crippen LogP contribution in [-0.2, 0) is 0 Å². The molecule has 1 fully saturated rings. The Morgan fingerprint density at radius 1 is 1.15 bits per heavy atom. The molecular weight excluding hydrogens is 266 g/mol. The van der Waals surface area contributed by atoms with Gasteiger partial charge in [0.25, 0.3) is 0 Å². The Balaban J connectivity index is 1.88. The molecule has 0 unspecified atom stereocenters. The van der Waals surface area contributed by atoms with E-state index in [0.29, 0.717) is 5.54 Å². The van der Waals surface area contributed by atoms with Gasteiger partial charge in [-0.05, 0) is 37.2 Å². The molecule has 0 heterocycles. The predicted octanol–water partition coefficient (Wildman–Crippen LogP) is 1.82. The first kappa shape index (κ1) is 15.3. The average Bonchev–Trinajstić information content (AvgIpc) is 2.47. The lowest BCUT2D eigenvalue weighted by Crippen LogP contribution is -3.16. The maximum Gasteiger partial charge on any atom is 0.171 e. The number of rotatable bonds is 4. The molecule has 3 nitrogen and oxygen atoms in total. The molecule has 2 rings (SSSR count). The van der Waals surface area contributed by atoms with E-state index in [0.717, 1.165) is 17.3 Å². The fourth-order valence-corrected chi connectivity index (χ4v) is 3.22. The second kappa shape index (κ2) is 7.04. The first-order chi connectivity index (χ1) is 9.62. The number of benzene rings is 1. The van der Waals surface area contributed by atoms with Crippen LogP contribution >= 0.6 is 12.2 Å². The van der Waals surface area contributed by atoms with Crippen molar-refractivity contribution in [2.24, 2.45) is 0 Å². The SMILES string of the molecule is C[NH+](C)C1(CNC(=S)Nc2ccccc2)CCCCC1. The topological polar surface area (TPSA) is 28.5 Å². The van der Waals surface area contributed by atoms with Crippen molar-refractivity contribution in [1.82, 2.24) is 5.32 Å². The molecule has 0 amide bonds. The van der Waals surface area contributed by atoms with Crippen molar-refractivity contribution >= 4 is 23.0 Å². The van der Waals surface area contributed by atoms with Crippen LogP contribution in [0.3, 0.4) is 0 Å². The Kier molecular flexibility index (Phi) is 5.38. The van der Waals surface area contributed by atoms with Crippen LogP contribution in [0.5, 0.6) is 0 Å². The number of thiocarbonyl (C=S) groups is 1. The molecular formula is C16H26N3S+. The first-order valence-corrected chi connectivity index (χ1v) is 7.94. The van der Waals surface area contributed by atoms with Gasteiger partial charge in [0.2, 0.25) is 0 Å². The summed E-state index contributed by atoms with van der Waals surface area (Å²) in [7, 11) is 4.53. The lowest BCUT2D eigenvalue weighted by atomic mass is 9.80. The fourth-order valence-electron chi connectivity index (χ4n) is 3.03. The summed E-state index contributed by atoms with van der Waals surface area (Å²) in [6, 6.07) is 10.1. The van der Waals surface area contributed by atoms with Crippen molar-refractivity contribution in [3.63, 3.8) is 0 Å². The van der Waals surface area contributed by atoms with Crippen LogP contribution in [0.1, 0.15) is 32.1 Å². The van der Waals surface area contributed by atoms with Crippen LogP contribution in [0.25, 0.3) is 0 Å². The molecule has 0 aliphatic heterocycles. The maximum absolute atomic E-state index is 5.41. The number of hydrogen-bond acceptors (Lipinski definition) is 1. The van der Waals surface area contributed by atoms with E-state index in [2.05, 4.69) is 24.7 Å². The zero-order valence-corrected chi connectivity index (χ0v) is 13.4. The molecule has 0 atom stereocenters. The smallest absolute Gasteiger partial charge is 0.171 e. The zero-order chi connectivity index (χ0) is 14.4. The van der Waals surface area contributed by atoms with Gasteiger partial charge in [-0.1, -0.05) is 24.6 Å². The minimum Gasteiger partial charge on any atom is -0.356 e. The van der Waals surface area contributed by atoms with E-state index >= 15 is 0 Å². The summed E-state index contributed by atoms with van der Waals surface area (Å²) in [5.74, 6) is 0. The van der Waals surface area contributed by atoms with Crippen LogP contribution in [0.2, 0.25) is 0 Å². The lowest BCUT2D eigenvalue weighted by Gasteiger charge is -2.40. The van der Waals surface area contributed by atoms with Gasteiger partial charge < -0.3 is 15.5 Å². The van der Waals surface area contributed by atoms with Crippen LogP contribution in [-0.4, -0.2) is 31.3 Å². The van der Waals surface area contributed by atoms with Crippen LogP contribution in [0.15, 0.2) is 30.3 Å². The molecule has 1 aromatic rings. The Hall–Kier alpha value is -1.13. The van der Waals surface area contributed by atoms with Crippen molar-refractivity contribution in [2.75, 3.05) is 26.0 Å². The molecule has 3 N–H and O–H groups in total. The summed E-state index contributed by atoms with van der Waals surface area (Å²) in [5.41, 5.74) is 1.38. The monoisotopic (exact) mass is 292 g/mol. The number of likely N-dealkylation sites (N-methyl/N-ethyl adjacent to an activating group) is 1. The highest BCUT2D eigenvalue weighted by molar-refractivity contribution is 7.80. The molecule has 0 saturated heterocycles. The van der Waals surface area contributed by atoms with Gasteiger partial charge in [-0.25, -0.2) is 0 Å². The lowest BCUT2D eigenvalue weighted by molar-refractivity contribution is -0.916. The van der Waals surface area contributed by atoms with E-state index in [9.17, 15) is 0 Å². The standard InChI is InChI=1S/C16H25N3S/c1-19(2)16(11-7-4-8-12-16)13-17-15(20)18-14-9-5-3-6-10-14/h3,5-6,9-10H,4,7-8,11-13H2,1-2H3,(H2,17,18,20)/p+1. The normalized spacial score (nSPS) is 17.8. The Morgan fingerprint density at radius 2 is 1.80 bits per heavy atom. The van der Waals surface area contributed by atoms with Crippen molar-refractivity contribution in [1.29, 1.82) is 0 Å². The van der Waals surface area contributed by atoms with Crippen LogP contribution < -0.4 is 15.5 Å². The summed E-state index contributed by atoms with van der Waals surface area (Å²) in [4.78, 5) is 1.53. The highest BCUT2D eigenvalue weighted by Gasteiger charge is 2.37. The second-order valence-electron chi connectivity index (χ2n) is 6.01. The summed E-state index contributed by atoms with van der Waals surface area (Å²) in [5, 5.41) is 7.40. The number of quaternary nitrogens is 1. The molecule has 1 aliphatic carbocycles. The molecule has 1 aliphatic rings. The second-order valence-corrected chi connectivity index (χ2v) is 6.42. The minimum absolute atomic E-state index is 0.334. The number of nitrogens with one attached hydrogen (secondary N) is 3. The number of para-hydroxylation sites is 1. The molecule has 0 spiro atoms. The quantitative estimate of drug-likeness (QED) is 0.739. The molecule has 0 radical (unpaired) electrons.